The van der Waals surface area contributed by atoms with Gasteiger partial charge in [-0.1, -0.05) is 22.8 Å². The van der Waals surface area contributed by atoms with Gasteiger partial charge in [0.25, 0.3) is 5.91 Å². The van der Waals surface area contributed by atoms with E-state index in [1.54, 1.807) is 0 Å². The number of piperidine rings is 1. The van der Waals surface area contributed by atoms with Gasteiger partial charge in [-0.25, -0.2) is 0 Å². The van der Waals surface area contributed by atoms with Gasteiger partial charge in [-0.2, -0.15) is 4.98 Å². The molecule has 0 radical (unpaired) electrons. The number of hydrogen-bond donors (Lipinski definition) is 0. The Morgan fingerprint density at radius 3 is 2.55 bits per heavy atom. The van der Waals surface area contributed by atoms with Crippen LogP contribution < -0.4 is 4.90 Å². The van der Waals surface area contributed by atoms with E-state index in [0.29, 0.717) is 29.8 Å². The number of aromatic nitrogens is 2. The van der Waals surface area contributed by atoms with Crippen molar-refractivity contribution in [2.24, 2.45) is 0 Å². The molecule has 0 bridgehead atoms. The number of hydrogen-bond acceptors (Lipinski definition) is 5. The van der Waals surface area contributed by atoms with E-state index in [9.17, 15) is 4.79 Å². The van der Waals surface area contributed by atoms with Crippen LogP contribution in [0.25, 0.3) is 11.4 Å². The second kappa shape index (κ2) is 8.25. The van der Waals surface area contributed by atoms with Crippen LogP contribution >= 0.6 is 11.6 Å². The Hall–Kier alpha value is -2.86. The van der Waals surface area contributed by atoms with Crippen LogP contribution in [0.4, 0.5) is 5.69 Å². The summed E-state index contributed by atoms with van der Waals surface area (Å²) >= 11 is 5.93. The van der Waals surface area contributed by atoms with Crippen LogP contribution in [0, 0.1) is 0 Å². The Morgan fingerprint density at radius 1 is 1.14 bits per heavy atom. The van der Waals surface area contributed by atoms with E-state index in [4.69, 9.17) is 16.1 Å². The molecule has 150 valence electrons. The first-order valence-electron chi connectivity index (χ1n) is 9.67. The average Bonchev–Trinajstić information content (AvgIpc) is 3.24. The van der Waals surface area contributed by atoms with Crippen LogP contribution in [-0.2, 0) is 0 Å². The normalized spacial score (nSPS) is 14.8. The predicted octanol–water partition coefficient (Wildman–Crippen LogP) is 4.48. The zero-order valence-electron chi connectivity index (χ0n) is 16.5. The van der Waals surface area contributed by atoms with Crippen molar-refractivity contribution >= 4 is 23.2 Å². The van der Waals surface area contributed by atoms with Crippen LogP contribution in [0.1, 0.15) is 35.0 Å². The fourth-order valence-corrected chi connectivity index (χ4v) is 3.67. The van der Waals surface area contributed by atoms with Crippen LogP contribution in [0.5, 0.6) is 0 Å². The highest BCUT2D eigenvalue weighted by atomic mass is 35.5. The van der Waals surface area contributed by atoms with Gasteiger partial charge < -0.3 is 14.3 Å². The fourth-order valence-electron chi connectivity index (χ4n) is 3.55. The molecule has 0 spiro atoms. The summed E-state index contributed by atoms with van der Waals surface area (Å²) in [6, 6.07) is 15.1. The van der Waals surface area contributed by atoms with Gasteiger partial charge in [-0.15, -0.1) is 0 Å². The summed E-state index contributed by atoms with van der Waals surface area (Å²) in [7, 11) is 3.94. The second-order valence-corrected chi connectivity index (χ2v) is 7.91. The highest BCUT2D eigenvalue weighted by Gasteiger charge is 2.28. The van der Waals surface area contributed by atoms with Crippen LogP contribution in [0.2, 0.25) is 5.02 Å². The summed E-state index contributed by atoms with van der Waals surface area (Å²) in [5.74, 6) is 1.44. The maximum absolute atomic E-state index is 12.9. The summed E-state index contributed by atoms with van der Waals surface area (Å²) in [6.07, 6.45) is 1.61. The molecule has 1 aliphatic rings. The summed E-state index contributed by atoms with van der Waals surface area (Å²) in [6.45, 7) is 1.35. The lowest BCUT2D eigenvalue weighted by Gasteiger charge is -2.30. The molecule has 3 aromatic rings. The number of likely N-dealkylation sites (tertiary alicyclic amines) is 1. The molecule has 6 nitrogen and oxygen atoms in total. The highest BCUT2D eigenvalue weighted by molar-refractivity contribution is 6.30. The fraction of sp³-hybridized carbons (Fsp3) is 0.318. The third-order valence-corrected chi connectivity index (χ3v) is 5.54. The molecule has 0 aliphatic carbocycles. The maximum atomic E-state index is 12.9. The Bertz CT molecular complexity index is 992. The van der Waals surface area contributed by atoms with Crippen molar-refractivity contribution in [2.45, 2.75) is 18.8 Å². The van der Waals surface area contributed by atoms with E-state index in [2.05, 4.69) is 10.1 Å². The smallest absolute Gasteiger partial charge is 0.253 e. The molecule has 1 saturated heterocycles. The molecule has 0 unspecified atom stereocenters. The minimum absolute atomic E-state index is 0.0690. The molecule has 29 heavy (non-hydrogen) atoms. The van der Waals surface area contributed by atoms with Crippen molar-refractivity contribution in [2.75, 3.05) is 32.1 Å². The predicted molar refractivity (Wildman–Crippen MR) is 113 cm³/mol. The Kier molecular flexibility index (Phi) is 5.53. The highest BCUT2D eigenvalue weighted by Crippen LogP contribution is 2.29. The minimum atomic E-state index is 0.0690. The zero-order chi connectivity index (χ0) is 20.4. The van der Waals surface area contributed by atoms with Crippen LogP contribution in [0.15, 0.2) is 53.1 Å². The quantitative estimate of drug-likeness (QED) is 0.634. The molecule has 1 aliphatic heterocycles. The van der Waals surface area contributed by atoms with E-state index >= 15 is 0 Å². The number of benzene rings is 2. The topological polar surface area (TPSA) is 62.5 Å². The monoisotopic (exact) mass is 410 g/mol. The number of nitrogens with zero attached hydrogens (tertiary/aromatic N) is 4. The first-order valence-corrected chi connectivity index (χ1v) is 10.1. The summed E-state index contributed by atoms with van der Waals surface area (Å²) in [5.41, 5.74) is 2.61. The molecule has 4 rings (SSSR count). The van der Waals surface area contributed by atoms with Gasteiger partial charge in [0.2, 0.25) is 11.7 Å². The van der Waals surface area contributed by atoms with E-state index in [-0.39, 0.29) is 11.8 Å². The van der Waals surface area contributed by atoms with Crippen molar-refractivity contribution in [1.82, 2.24) is 15.0 Å². The average molecular weight is 411 g/mol. The first kappa shape index (κ1) is 19.5. The molecule has 0 atom stereocenters. The largest absolute Gasteiger partial charge is 0.378 e. The molecule has 7 heteroatoms. The molecule has 2 aromatic carbocycles. The summed E-state index contributed by atoms with van der Waals surface area (Å²) in [5, 5.41) is 4.78. The zero-order valence-corrected chi connectivity index (χ0v) is 17.3. The lowest BCUT2D eigenvalue weighted by Crippen LogP contribution is -2.38. The second-order valence-electron chi connectivity index (χ2n) is 7.47. The molecule has 1 aromatic heterocycles. The first-order chi connectivity index (χ1) is 14.0. The van der Waals surface area contributed by atoms with Crippen molar-refractivity contribution < 1.29 is 9.32 Å². The van der Waals surface area contributed by atoms with Crippen molar-refractivity contribution in [3.63, 3.8) is 0 Å². The van der Waals surface area contributed by atoms with Crippen molar-refractivity contribution in [3.8, 4) is 11.4 Å². The van der Waals surface area contributed by atoms with Crippen molar-refractivity contribution in [1.29, 1.82) is 0 Å². The van der Waals surface area contributed by atoms with Gasteiger partial charge in [0.05, 0.1) is 0 Å². The van der Waals surface area contributed by atoms with Gasteiger partial charge in [0.15, 0.2) is 0 Å². The summed E-state index contributed by atoms with van der Waals surface area (Å²) in [4.78, 5) is 21.3. The van der Waals surface area contributed by atoms with E-state index < -0.39 is 0 Å². The lowest BCUT2D eigenvalue weighted by atomic mass is 9.96. The number of anilines is 1. The Morgan fingerprint density at radius 2 is 1.86 bits per heavy atom. The van der Waals surface area contributed by atoms with Gasteiger partial charge in [-0.3, -0.25) is 4.79 Å². The lowest BCUT2D eigenvalue weighted by molar-refractivity contribution is 0.0704. The van der Waals surface area contributed by atoms with Gasteiger partial charge in [0, 0.05) is 54.9 Å². The Balaban J connectivity index is 1.40. The number of carbonyl (C=O) groups excluding carboxylic acids is 1. The number of halogens is 1. The Labute approximate surface area is 175 Å². The molecule has 1 fully saturated rings. The third-order valence-electron chi connectivity index (χ3n) is 5.29. The molecular weight excluding hydrogens is 388 g/mol. The summed E-state index contributed by atoms with van der Waals surface area (Å²) < 4.78 is 5.51. The SMILES string of the molecule is CN(C)c1cccc(C(=O)N2CCC(c3nc(-c4ccc(Cl)cc4)no3)CC2)c1. The number of amides is 1. The molecule has 0 saturated carbocycles. The standard InChI is InChI=1S/C22H23ClN4O2/c1-26(2)19-5-3-4-17(14-19)22(28)27-12-10-16(11-13-27)21-24-20(25-29-21)15-6-8-18(23)9-7-15/h3-9,14,16H,10-13H2,1-2H3. The molecule has 1 amide bonds. The van der Waals surface area contributed by atoms with E-state index in [0.717, 1.165) is 29.7 Å². The number of rotatable bonds is 4. The maximum Gasteiger partial charge on any atom is 0.253 e. The van der Waals surface area contributed by atoms with E-state index in [1.807, 2.05) is 72.4 Å². The molecule has 0 N–H and O–H groups in total. The van der Waals surface area contributed by atoms with Crippen molar-refractivity contribution in [3.05, 3.63) is 65.0 Å². The van der Waals surface area contributed by atoms with Gasteiger partial charge >= 0.3 is 0 Å². The van der Waals surface area contributed by atoms with Crippen LogP contribution in [0.3, 0.4) is 0 Å². The third kappa shape index (κ3) is 4.27. The number of carbonyl (C=O) groups is 1. The molecular formula is C22H23ClN4O2. The molecule has 2 heterocycles. The van der Waals surface area contributed by atoms with E-state index in [1.165, 1.54) is 0 Å². The van der Waals surface area contributed by atoms with Crippen LogP contribution in [-0.4, -0.2) is 48.1 Å². The van der Waals surface area contributed by atoms with Gasteiger partial charge in [-0.05, 0) is 55.3 Å². The minimum Gasteiger partial charge on any atom is -0.378 e. The van der Waals surface area contributed by atoms with Gasteiger partial charge in [0.1, 0.15) is 0 Å².